The van der Waals surface area contributed by atoms with E-state index in [4.69, 9.17) is 4.98 Å². The predicted molar refractivity (Wildman–Crippen MR) is 117 cm³/mol. The Labute approximate surface area is 169 Å². The average Bonchev–Trinajstić information content (AvgIpc) is 3.04. The van der Waals surface area contributed by atoms with Crippen molar-refractivity contribution >= 4 is 44.4 Å². The number of nitrogens with zero attached hydrogens (tertiary/aromatic N) is 2. The van der Waals surface area contributed by atoms with Crippen LogP contribution in [0.5, 0.6) is 0 Å². The summed E-state index contributed by atoms with van der Waals surface area (Å²) in [6, 6.07) is 12.1. The van der Waals surface area contributed by atoms with E-state index in [-0.39, 0.29) is 5.91 Å². The molecule has 1 heterocycles. The molecule has 0 saturated heterocycles. The number of amides is 1. The van der Waals surface area contributed by atoms with Gasteiger partial charge >= 0.3 is 0 Å². The van der Waals surface area contributed by atoms with Gasteiger partial charge in [0.1, 0.15) is 0 Å². The number of quaternary nitrogens is 1. The Kier molecular flexibility index (Phi) is 6.19. The summed E-state index contributed by atoms with van der Waals surface area (Å²) in [5.41, 5.74) is 4.14. The van der Waals surface area contributed by atoms with Crippen molar-refractivity contribution in [3.8, 4) is 0 Å². The molecule has 0 saturated carbocycles. The number of rotatable bonds is 6. The number of carbonyl (C=O) groups is 1. The lowest BCUT2D eigenvalue weighted by Crippen LogP contribution is -3.06. The molecule has 0 spiro atoms. The van der Waals surface area contributed by atoms with Crippen LogP contribution in [0.2, 0.25) is 0 Å². The third kappa shape index (κ3) is 4.51. The van der Waals surface area contributed by atoms with Crippen molar-refractivity contribution < 1.29 is 9.69 Å². The smallest absolute Gasteiger partial charge is 0.260 e. The summed E-state index contributed by atoms with van der Waals surface area (Å²) in [6.45, 7) is 5.71. The second kappa shape index (κ2) is 8.42. The van der Waals surface area contributed by atoms with E-state index in [1.54, 1.807) is 23.1 Å². The zero-order valence-electron chi connectivity index (χ0n) is 16.5. The molecule has 6 heteroatoms. The number of thiazole rings is 1. The highest BCUT2D eigenvalue weighted by atomic mass is 32.2. The van der Waals surface area contributed by atoms with E-state index in [9.17, 15) is 4.79 Å². The van der Waals surface area contributed by atoms with E-state index in [2.05, 4.69) is 40.1 Å². The van der Waals surface area contributed by atoms with Gasteiger partial charge in [-0.25, -0.2) is 4.98 Å². The van der Waals surface area contributed by atoms with Gasteiger partial charge in [0, 0.05) is 10.5 Å². The topological polar surface area (TPSA) is 37.6 Å². The number of benzene rings is 2. The van der Waals surface area contributed by atoms with Crippen molar-refractivity contribution in [2.45, 2.75) is 18.7 Å². The first-order valence-corrected chi connectivity index (χ1v) is 11.1. The van der Waals surface area contributed by atoms with Crippen molar-refractivity contribution in [3.63, 3.8) is 0 Å². The summed E-state index contributed by atoms with van der Waals surface area (Å²) < 4.78 is 1.13. The maximum Gasteiger partial charge on any atom is 0.260 e. The van der Waals surface area contributed by atoms with Crippen LogP contribution in [0.4, 0.5) is 5.13 Å². The van der Waals surface area contributed by atoms with Crippen LogP contribution in [0.25, 0.3) is 10.2 Å². The monoisotopic (exact) mass is 400 g/mol. The van der Waals surface area contributed by atoms with E-state index < -0.39 is 0 Å². The Morgan fingerprint density at radius 1 is 1.15 bits per heavy atom. The van der Waals surface area contributed by atoms with E-state index >= 15 is 0 Å². The van der Waals surface area contributed by atoms with E-state index in [1.807, 2.05) is 35.4 Å². The summed E-state index contributed by atoms with van der Waals surface area (Å²) in [5.74, 6) is 0.0106. The number of nitrogens with one attached hydrogen (secondary N) is 1. The second-order valence-electron chi connectivity index (χ2n) is 7.04. The Morgan fingerprint density at radius 3 is 2.44 bits per heavy atom. The lowest BCUT2D eigenvalue weighted by Gasteiger charge is -2.20. The van der Waals surface area contributed by atoms with Gasteiger partial charge < -0.3 is 4.90 Å². The van der Waals surface area contributed by atoms with E-state index in [0.29, 0.717) is 12.1 Å². The van der Waals surface area contributed by atoms with Crippen LogP contribution in [0, 0.1) is 13.8 Å². The molecule has 0 radical (unpaired) electrons. The number of aromatic nitrogens is 1. The molecule has 0 aliphatic carbocycles. The second-order valence-corrected chi connectivity index (χ2v) is 8.93. The van der Waals surface area contributed by atoms with Gasteiger partial charge in [-0.05, 0) is 67.6 Å². The number of anilines is 1. The number of hydrogen-bond donors (Lipinski definition) is 1. The zero-order valence-corrected chi connectivity index (χ0v) is 18.1. The first-order valence-electron chi connectivity index (χ1n) is 9.02. The van der Waals surface area contributed by atoms with Crippen molar-refractivity contribution in [3.05, 3.63) is 53.1 Å². The minimum Gasteiger partial charge on any atom is -0.338 e. The van der Waals surface area contributed by atoms with Crippen LogP contribution in [0.1, 0.15) is 21.5 Å². The maximum absolute atomic E-state index is 13.2. The van der Waals surface area contributed by atoms with Crippen LogP contribution in [0.15, 0.2) is 41.3 Å². The molecule has 1 amide bonds. The molecule has 27 heavy (non-hydrogen) atoms. The van der Waals surface area contributed by atoms with E-state index in [1.165, 1.54) is 16.0 Å². The van der Waals surface area contributed by atoms with Crippen LogP contribution >= 0.6 is 23.1 Å². The molecule has 3 rings (SSSR count). The van der Waals surface area contributed by atoms with Crippen LogP contribution in [-0.4, -0.2) is 44.3 Å². The fourth-order valence-corrected chi connectivity index (χ4v) is 4.27. The highest BCUT2D eigenvalue weighted by molar-refractivity contribution is 7.98. The summed E-state index contributed by atoms with van der Waals surface area (Å²) >= 11 is 3.27. The lowest BCUT2D eigenvalue weighted by molar-refractivity contribution is -0.856. The Balaban J connectivity index is 1.98. The van der Waals surface area contributed by atoms with Crippen LogP contribution < -0.4 is 9.80 Å². The minimum atomic E-state index is 0.0106. The molecule has 0 unspecified atom stereocenters. The van der Waals surface area contributed by atoms with Gasteiger partial charge in [-0.3, -0.25) is 9.69 Å². The predicted octanol–water partition coefficient (Wildman–Crippen LogP) is 3.43. The number of aryl methyl sites for hydroxylation is 2. The number of fused-ring (bicyclic) bond motifs is 1. The van der Waals surface area contributed by atoms with Gasteiger partial charge in [-0.1, -0.05) is 11.3 Å². The van der Waals surface area contributed by atoms with E-state index in [0.717, 1.165) is 26.8 Å². The molecule has 0 fully saturated rings. The van der Waals surface area contributed by atoms with Crippen molar-refractivity contribution in [1.29, 1.82) is 0 Å². The zero-order chi connectivity index (χ0) is 19.6. The third-order valence-electron chi connectivity index (χ3n) is 4.64. The highest BCUT2D eigenvalue weighted by Gasteiger charge is 2.22. The fraction of sp³-hybridized carbons (Fsp3) is 0.333. The Bertz CT molecular complexity index is 909. The van der Waals surface area contributed by atoms with Crippen molar-refractivity contribution in [2.24, 2.45) is 0 Å². The van der Waals surface area contributed by atoms with Gasteiger partial charge in [0.25, 0.3) is 5.91 Å². The van der Waals surface area contributed by atoms with Gasteiger partial charge in [0.05, 0.1) is 37.4 Å². The molecule has 142 valence electrons. The summed E-state index contributed by atoms with van der Waals surface area (Å²) in [6.07, 6.45) is 2.04. The standard InChI is InChI=1S/C21H25N3OS2/c1-14-12-18-19(13-15(14)2)27-21(22-18)24(11-10-23(3)4)20(25)16-6-8-17(26-5)9-7-16/h6-9,12-13H,10-11H2,1-5H3/p+1. The normalized spacial score (nSPS) is 11.3. The maximum atomic E-state index is 13.2. The summed E-state index contributed by atoms with van der Waals surface area (Å²) in [4.78, 5) is 22.3. The molecule has 0 atom stereocenters. The summed E-state index contributed by atoms with van der Waals surface area (Å²) in [7, 11) is 4.20. The van der Waals surface area contributed by atoms with Gasteiger partial charge in [0.2, 0.25) is 0 Å². The highest BCUT2D eigenvalue weighted by Crippen LogP contribution is 2.31. The lowest BCUT2D eigenvalue weighted by atomic mass is 10.1. The molecule has 1 N–H and O–H groups in total. The van der Waals surface area contributed by atoms with Gasteiger partial charge in [0.15, 0.2) is 5.13 Å². The fourth-order valence-electron chi connectivity index (χ4n) is 2.79. The molecule has 0 aliphatic heterocycles. The quantitative estimate of drug-likeness (QED) is 0.644. The molecule has 2 aromatic carbocycles. The third-order valence-corrected chi connectivity index (χ3v) is 6.43. The first-order chi connectivity index (χ1) is 12.9. The minimum absolute atomic E-state index is 0.0106. The van der Waals surface area contributed by atoms with Crippen LogP contribution in [-0.2, 0) is 0 Å². The molecule has 0 aliphatic rings. The molecular formula is C21H26N3OS2+. The van der Waals surface area contributed by atoms with Crippen molar-refractivity contribution in [2.75, 3.05) is 38.3 Å². The van der Waals surface area contributed by atoms with Crippen molar-refractivity contribution in [1.82, 2.24) is 4.98 Å². The van der Waals surface area contributed by atoms with Gasteiger partial charge in [-0.2, -0.15) is 0 Å². The van der Waals surface area contributed by atoms with Crippen LogP contribution in [0.3, 0.4) is 0 Å². The molecule has 4 nitrogen and oxygen atoms in total. The number of likely N-dealkylation sites (N-methyl/N-ethyl adjacent to an activating group) is 1. The molecular weight excluding hydrogens is 374 g/mol. The number of carbonyl (C=O) groups excluding carboxylic acids is 1. The Morgan fingerprint density at radius 2 is 1.81 bits per heavy atom. The number of hydrogen-bond acceptors (Lipinski definition) is 4. The average molecular weight is 401 g/mol. The number of thioether (sulfide) groups is 1. The SMILES string of the molecule is CSc1ccc(C(=O)N(CC[NH+](C)C)c2nc3cc(C)c(C)cc3s2)cc1. The largest absolute Gasteiger partial charge is 0.338 e. The Hall–Kier alpha value is -1.89. The summed E-state index contributed by atoms with van der Waals surface area (Å²) in [5, 5.41) is 0.773. The van der Waals surface area contributed by atoms with Gasteiger partial charge in [-0.15, -0.1) is 11.8 Å². The first kappa shape index (κ1) is 19.9. The molecule has 0 bridgehead atoms. The molecule has 3 aromatic rings. The molecule has 1 aromatic heterocycles.